The maximum absolute atomic E-state index is 12.4. The molecule has 19 heavy (non-hydrogen) atoms. The van der Waals surface area contributed by atoms with Crippen LogP contribution in [-0.2, 0) is 12.6 Å². The van der Waals surface area contributed by atoms with E-state index < -0.39 is 11.7 Å². The van der Waals surface area contributed by atoms with Gasteiger partial charge < -0.3 is 0 Å². The van der Waals surface area contributed by atoms with E-state index in [0.29, 0.717) is 0 Å². The van der Waals surface area contributed by atoms with Crippen LogP contribution in [0, 0.1) is 0 Å². The molecule has 0 N–H and O–H groups in total. The highest BCUT2D eigenvalue weighted by Gasteiger charge is 2.29. The van der Waals surface area contributed by atoms with Crippen molar-refractivity contribution in [3.63, 3.8) is 0 Å². The van der Waals surface area contributed by atoms with Gasteiger partial charge >= 0.3 is 6.18 Å². The summed E-state index contributed by atoms with van der Waals surface area (Å²) in [5.74, 6) is 0. The van der Waals surface area contributed by atoms with Crippen molar-refractivity contribution in [1.82, 2.24) is 0 Å². The Bertz CT molecular complexity index is 527. The van der Waals surface area contributed by atoms with Gasteiger partial charge in [-0.1, -0.05) is 30.8 Å². The standard InChI is InChI=1S/C15H13F3S/c1-2-11-3-7-13(8-4-11)19-14-9-5-12(6-10-14)15(16,17)18/h3-10H,2H2,1H3. The minimum atomic E-state index is -4.27. The van der Waals surface area contributed by atoms with Gasteiger partial charge in [-0.2, -0.15) is 13.2 Å². The second kappa shape index (κ2) is 5.70. The summed E-state index contributed by atoms with van der Waals surface area (Å²) in [4.78, 5) is 1.83. The average Bonchev–Trinajstić information content (AvgIpc) is 2.39. The average molecular weight is 282 g/mol. The van der Waals surface area contributed by atoms with E-state index in [9.17, 15) is 13.2 Å². The van der Waals surface area contributed by atoms with E-state index in [0.717, 1.165) is 28.3 Å². The van der Waals surface area contributed by atoms with Crippen molar-refractivity contribution in [3.05, 3.63) is 59.7 Å². The third-order valence-corrected chi connectivity index (χ3v) is 3.76. The van der Waals surface area contributed by atoms with Gasteiger partial charge in [-0.25, -0.2) is 0 Å². The number of aryl methyl sites for hydroxylation is 1. The largest absolute Gasteiger partial charge is 0.416 e. The van der Waals surface area contributed by atoms with E-state index in [2.05, 4.69) is 6.92 Å². The number of hydrogen-bond donors (Lipinski definition) is 0. The Morgan fingerprint density at radius 1 is 0.842 bits per heavy atom. The Morgan fingerprint density at radius 3 is 1.74 bits per heavy atom. The maximum Gasteiger partial charge on any atom is 0.416 e. The molecule has 100 valence electrons. The number of hydrogen-bond acceptors (Lipinski definition) is 1. The first-order chi connectivity index (χ1) is 8.99. The predicted octanol–water partition coefficient (Wildman–Crippen LogP) is 5.42. The second-order valence-corrected chi connectivity index (χ2v) is 5.27. The summed E-state index contributed by atoms with van der Waals surface area (Å²) in [6, 6.07) is 13.3. The lowest BCUT2D eigenvalue weighted by Gasteiger charge is -2.07. The molecule has 4 heteroatoms. The molecule has 0 radical (unpaired) electrons. The lowest BCUT2D eigenvalue weighted by Crippen LogP contribution is -2.03. The Labute approximate surface area is 114 Å². The zero-order valence-corrected chi connectivity index (χ0v) is 11.2. The Kier molecular flexibility index (Phi) is 4.20. The van der Waals surface area contributed by atoms with Crippen molar-refractivity contribution < 1.29 is 13.2 Å². The molecular weight excluding hydrogens is 269 g/mol. The normalized spacial score (nSPS) is 11.6. The molecule has 0 saturated carbocycles. The van der Waals surface area contributed by atoms with Crippen molar-refractivity contribution in [1.29, 1.82) is 0 Å². The highest BCUT2D eigenvalue weighted by Crippen LogP contribution is 2.33. The molecule has 0 amide bonds. The van der Waals surface area contributed by atoms with Crippen LogP contribution in [0.3, 0.4) is 0 Å². The molecule has 0 saturated heterocycles. The Morgan fingerprint density at radius 2 is 1.32 bits per heavy atom. The highest BCUT2D eigenvalue weighted by atomic mass is 32.2. The second-order valence-electron chi connectivity index (χ2n) is 4.12. The van der Waals surface area contributed by atoms with Gasteiger partial charge in [0.05, 0.1) is 5.56 Å². The van der Waals surface area contributed by atoms with Crippen molar-refractivity contribution in [2.45, 2.75) is 29.3 Å². The van der Waals surface area contributed by atoms with Crippen LogP contribution in [0.4, 0.5) is 13.2 Å². The van der Waals surface area contributed by atoms with Crippen molar-refractivity contribution in [2.75, 3.05) is 0 Å². The molecule has 0 aromatic heterocycles. The molecule has 2 aromatic rings. The lowest BCUT2D eigenvalue weighted by molar-refractivity contribution is -0.137. The summed E-state index contributed by atoms with van der Waals surface area (Å²) in [7, 11) is 0. The fourth-order valence-corrected chi connectivity index (χ4v) is 2.46. The summed E-state index contributed by atoms with van der Waals surface area (Å²) >= 11 is 1.46. The summed E-state index contributed by atoms with van der Waals surface area (Å²) in [5.41, 5.74) is 0.634. The van der Waals surface area contributed by atoms with Crippen LogP contribution in [0.15, 0.2) is 58.3 Å². The zero-order valence-electron chi connectivity index (χ0n) is 10.4. The number of rotatable bonds is 3. The lowest BCUT2D eigenvalue weighted by atomic mass is 10.2. The van der Waals surface area contributed by atoms with Gasteiger partial charge in [0.15, 0.2) is 0 Å². The van der Waals surface area contributed by atoms with Crippen LogP contribution in [-0.4, -0.2) is 0 Å². The maximum atomic E-state index is 12.4. The number of alkyl halides is 3. The molecule has 0 aliphatic carbocycles. The van der Waals surface area contributed by atoms with E-state index in [-0.39, 0.29) is 0 Å². The molecule has 2 rings (SSSR count). The van der Waals surface area contributed by atoms with Gasteiger partial charge in [0.25, 0.3) is 0 Å². The summed E-state index contributed by atoms with van der Waals surface area (Å²) in [5, 5.41) is 0. The van der Waals surface area contributed by atoms with Gasteiger partial charge in [-0.3, -0.25) is 0 Å². The molecule has 2 aromatic carbocycles. The molecular formula is C15H13F3S. The zero-order chi connectivity index (χ0) is 13.9. The first kappa shape index (κ1) is 14.0. The molecule has 0 fully saturated rings. The molecule has 0 spiro atoms. The van der Waals surface area contributed by atoms with Gasteiger partial charge in [-0.15, -0.1) is 0 Å². The topological polar surface area (TPSA) is 0 Å². The van der Waals surface area contributed by atoms with E-state index in [1.165, 1.54) is 29.5 Å². The van der Waals surface area contributed by atoms with E-state index >= 15 is 0 Å². The fraction of sp³-hybridized carbons (Fsp3) is 0.200. The van der Waals surface area contributed by atoms with E-state index in [4.69, 9.17) is 0 Å². The third-order valence-electron chi connectivity index (χ3n) is 2.75. The highest BCUT2D eigenvalue weighted by molar-refractivity contribution is 7.99. The van der Waals surface area contributed by atoms with Crippen molar-refractivity contribution in [3.8, 4) is 0 Å². The van der Waals surface area contributed by atoms with Gasteiger partial charge in [0.1, 0.15) is 0 Å². The molecule has 0 aliphatic rings. The van der Waals surface area contributed by atoms with E-state index in [1.807, 2.05) is 24.3 Å². The number of halogens is 3. The Hall–Kier alpha value is -1.42. The summed E-state index contributed by atoms with van der Waals surface area (Å²) < 4.78 is 37.3. The molecule has 0 nitrogen and oxygen atoms in total. The molecule has 0 atom stereocenters. The predicted molar refractivity (Wildman–Crippen MR) is 71.4 cm³/mol. The van der Waals surface area contributed by atoms with Crippen LogP contribution in [0.5, 0.6) is 0 Å². The van der Waals surface area contributed by atoms with Crippen LogP contribution >= 0.6 is 11.8 Å². The van der Waals surface area contributed by atoms with Gasteiger partial charge in [0.2, 0.25) is 0 Å². The first-order valence-electron chi connectivity index (χ1n) is 5.93. The monoisotopic (exact) mass is 282 g/mol. The SMILES string of the molecule is CCc1ccc(Sc2ccc(C(F)(F)F)cc2)cc1. The third kappa shape index (κ3) is 3.77. The first-order valence-corrected chi connectivity index (χ1v) is 6.75. The molecule has 0 aliphatic heterocycles. The fourth-order valence-electron chi connectivity index (χ4n) is 1.64. The molecule has 0 heterocycles. The molecule has 0 bridgehead atoms. The number of benzene rings is 2. The van der Waals surface area contributed by atoms with E-state index in [1.54, 1.807) is 0 Å². The quantitative estimate of drug-likeness (QED) is 0.724. The van der Waals surface area contributed by atoms with Gasteiger partial charge in [0, 0.05) is 9.79 Å². The molecule has 0 unspecified atom stereocenters. The minimum absolute atomic E-state index is 0.613. The van der Waals surface area contributed by atoms with Crippen molar-refractivity contribution in [2.24, 2.45) is 0 Å². The van der Waals surface area contributed by atoms with Crippen LogP contribution in [0.2, 0.25) is 0 Å². The summed E-state index contributed by atoms with van der Waals surface area (Å²) in [6.45, 7) is 2.08. The Balaban J connectivity index is 2.10. The van der Waals surface area contributed by atoms with Gasteiger partial charge in [-0.05, 0) is 48.4 Å². The summed E-state index contributed by atoms with van der Waals surface area (Å²) in [6.07, 6.45) is -3.29. The minimum Gasteiger partial charge on any atom is -0.166 e. The van der Waals surface area contributed by atoms with Crippen LogP contribution < -0.4 is 0 Å². The van der Waals surface area contributed by atoms with Crippen LogP contribution in [0.1, 0.15) is 18.1 Å². The van der Waals surface area contributed by atoms with Crippen LogP contribution in [0.25, 0.3) is 0 Å². The van der Waals surface area contributed by atoms with Crippen molar-refractivity contribution >= 4 is 11.8 Å². The smallest absolute Gasteiger partial charge is 0.166 e.